The Morgan fingerprint density at radius 1 is 1.44 bits per heavy atom. The minimum atomic E-state index is 0. The van der Waals surface area contributed by atoms with Gasteiger partial charge in [-0.25, -0.2) is 0 Å². The van der Waals surface area contributed by atoms with Crippen molar-refractivity contribution in [2.24, 2.45) is 0 Å². The second kappa shape index (κ2) is 8.63. The predicted octanol–water partition coefficient (Wildman–Crippen LogP) is 3.72. The molecule has 1 atom stereocenters. The molecule has 1 aromatic heterocycles. The van der Waals surface area contributed by atoms with Crippen LogP contribution >= 0.6 is 24.2 Å². The highest BCUT2D eigenvalue weighted by molar-refractivity contribution is 7.99. The van der Waals surface area contributed by atoms with Crippen molar-refractivity contribution in [3.63, 3.8) is 0 Å². The van der Waals surface area contributed by atoms with E-state index in [0.717, 1.165) is 47.7 Å². The highest BCUT2D eigenvalue weighted by atomic mass is 35.5. The fourth-order valence-electron chi connectivity index (χ4n) is 3.17. The van der Waals surface area contributed by atoms with Crippen molar-refractivity contribution in [2.45, 2.75) is 44.9 Å². The molecule has 0 fully saturated rings. The number of nitrogens with zero attached hydrogens (tertiary/aromatic N) is 1. The van der Waals surface area contributed by atoms with Crippen LogP contribution in [0.1, 0.15) is 47.0 Å². The van der Waals surface area contributed by atoms with Crippen molar-refractivity contribution in [3.8, 4) is 0 Å². The van der Waals surface area contributed by atoms with Gasteiger partial charge >= 0.3 is 0 Å². The van der Waals surface area contributed by atoms with Gasteiger partial charge in [-0.05, 0) is 56.4 Å². The van der Waals surface area contributed by atoms with E-state index < -0.39 is 0 Å². The summed E-state index contributed by atoms with van der Waals surface area (Å²) < 4.78 is 5.15. The van der Waals surface area contributed by atoms with Gasteiger partial charge in [-0.15, -0.1) is 24.2 Å². The topological polar surface area (TPSA) is 81.2 Å². The fraction of sp³-hybridized carbons (Fsp3) is 0.444. The summed E-state index contributed by atoms with van der Waals surface area (Å²) in [5, 5.41) is 7.10. The Kier molecular flexibility index (Phi) is 6.79. The van der Waals surface area contributed by atoms with Crippen LogP contribution in [0.2, 0.25) is 0 Å². The molecule has 3 rings (SSSR count). The molecule has 1 unspecified atom stereocenters. The first kappa shape index (κ1) is 19.7. The summed E-state index contributed by atoms with van der Waals surface area (Å²) >= 11 is 1.59. The van der Waals surface area contributed by atoms with E-state index in [9.17, 15) is 4.79 Å². The number of benzene rings is 1. The molecule has 25 heavy (non-hydrogen) atoms. The van der Waals surface area contributed by atoms with Gasteiger partial charge < -0.3 is 15.6 Å². The zero-order valence-corrected chi connectivity index (χ0v) is 16.1. The molecule has 3 N–H and O–H groups in total. The number of aromatic nitrogens is 1. The van der Waals surface area contributed by atoms with Gasteiger partial charge in [0.05, 0.1) is 17.5 Å². The molecular weight excluding hydrogens is 358 g/mol. The molecule has 2 aromatic rings. The second-order valence-electron chi connectivity index (χ2n) is 6.27. The van der Waals surface area contributed by atoms with Crippen LogP contribution in [0.4, 0.5) is 5.69 Å². The Bertz CT molecular complexity index is 728. The van der Waals surface area contributed by atoms with Gasteiger partial charge in [0.1, 0.15) is 5.76 Å². The van der Waals surface area contributed by atoms with Gasteiger partial charge in [-0.2, -0.15) is 0 Å². The summed E-state index contributed by atoms with van der Waals surface area (Å²) in [4.78, 5) is 12.3. The number of hydrogen-bond acceptors (Lipinski definition) is 5. The molecule has 0 saturated carbocycles. The number of nitrogens with one attached hydrogen (secondary N) is 1. The molecule has 0 aliphatic heterocycles. The minimum Gasteiger partial charge on any atom is -0.399 e. The SMILES string of the molecule is Cc1noc(C)c1CSCC(=O)NC1CCCc2cc(N)ccc21.Cl. The Morgan fingerprint density at radius 3 is 2.96 bits per heavy atom. The van der Waals surface area contributed by atoms with E-state index in [1.807, 2.05) is 32.0 Å². The van der Waals surface area contributed by atoms with Gasteiger partial charge in [0.25, 0.3) is 0 Å². The number of anilines is 1. The van der Waals surface area contributed by atoms with Gasteiger partial charge in [-0.1, -0.05) is 11.2 Å². The van der Waals surface area contributed by atoms with Crippen molar-refractivity contribution < 1.29 is 9.32 Å². The molecule has 1 aliphatic rings. The van der Waals surface area contributed by atoms with Crippen LogP contribution in [0.5, 0.6) is 0 Å². The fourth-order valence-corrected chi connectivity index (χ4v) is 4.16. The number of hydrogen-bond donors (Lipinski definition) is 2. The Hall–Kier alpha value is -1.66. The molecule has 0 spiro atoms. The molecule has 0 saturated heterocycles. The third kappa shape index (κ3) is 4.70. The summed E-state index contributed by atoms with van der Waals surface area (Å²) in [6.45, 7) is 3.83. The first-order chi connectivity index (χ1) is 11.5. The van der Waals surface area contributed by atoms with Crippen LogP contribution in [0.15, 0.2) is 22.7 Å². The third-order valence-corrected chi connectivity index (χ3v) is 5.44. The lowest BCUT2D eigenvalue weighted by Crippen LogP contribution is -2.32. The standard InChI is InChI=1S/C18H23N3O2S.ClH/c1-11-16(12(2)23-21-11)9-24-10-18(22)20-17-5-3-4-13-8-14(19)6-7-15(13)17;/h6-8,17H,3-5,9-10,19H2,1-2H3,(H,20,22);1H. The van der Waals surface area contributed by atoms with Crippen LogP contribution in [-0.2, 0) is 17.0 Å². The molecule has 1 amide bonds. The Balaban J connectivity index is 0.00000225. The highest BCUT2D eigenvalue weighted by Gasteiger charge is 2.22. The molecule has 1 aliphatic carbocycles. The molecule has 7 heteroatoms. The smallest absolute Gasteiger partial charge is 0.230 e. The van der Waals surface area contributed by atoms with E-state index in [1.54, 1.807) is 11.8 Å². The van der Waals surface area contributed by atoms with Crippen LogP contribution < -0.4 is 11.1 Å². The molecule has 0 radical (unpaired) electrons. The summed E-state index contributed by atoms with van der Waals surface area (Å²) in [5.41, 5.74) is 11.1. The number of carbonyl (C=O) groups is 1. The van der Waals surface area contributed by atoms with Gasteiger partial charge in [0, 0.05) is 17.0 Å². The summed E-state index contributed by atoms with van der Waals surface area (Å²) in [5.74, 6) is 2.08. The average molecular weight is 382 g/mol. The predicted molar refractivity (Wildman–Crippen MR) is 104 cm³/mol. The number of nitrogen functional groups attached to an aromatic ring is 1. The van der Waals surface area contributed by atoms with Crippen molar-refractivity contribution in [3.05, 3.63) is 46.3 Å². The number of nitrogens with two attached hydrogens (primary N) is 1. The largest absolute Gasteiger partial charge is 0.399 e. The molecule has 5 nitrogen and oxygen atoms in total. The van der Waals surface area contributed by atoms with E-state index >= 15 is 0 Å². The number of fused-ring (bicyclic) bond motifs is 1. The zero-order chi connectivity index (χ0) is 17.1. The van der Waals surface area contributed by atoms with Crippen LogP contribution in [0.3, 0.4) is 0 Å². The third-order valence-electron chi connectivity index (χ3n) is 4.48. The van der Waals surface area contributed by atoms with E-state index in [2.05, 4.69) is 10.5 Å². The normalized spacial score (nSPS) is 16.0. The maximum Gasteiger partial charge on any atom is 0.230 e. The van der Waals surface area contributed by atoms with E-state index in [-0.39, 0.29) is 24.4 Å². The Morgan fingerprint density at radius 2 is 2.24 bits per heavy atom. The summed E-state index contributed by atoms with van der Waals surface area (Å²) in [6.07, 6.45) is 3.10. The van der Waals surface area contributed by atoms with Crippen LogP contribution in [0.25, 0.3) is 0 Å². The first-order valence-corrected chi connectivity index (χ1v) is 9.37. The lowest BCUT2D eigenvalue weighted by molar-refractivity contribution is -0.119. The van der Waals surface area contributed by atoms with Crippen molar-refractivity contribution in [1.82, 2.24) is 10.5 Å². The number of aryl methyl sites for hydroxylation is 3. The minimum absolute atomic E-state index is 0. The van der Waals surface area contributed by atoms with Gasteiger partial charge in [0.15, 0.2) is 0 Å². The number of carbonyl (C=O) groups excluding carboxylic acids is 1. The van der Waals surface area contributed by atoms with Gasteiger partial charge in [0.2, 0.25) is 5.91 Å². The lowest BCUT2D eigenvalue weighted by atomic mass is 9.87. The van der Waals surface area contributed by atoms with E-state index in [4.69, 9.17) is 10.3 Å². The molecular formula is C18H24ClN3O2S. The van der Waals surface area contributed by atoms with Crippen molar-refractivity contribution in [2.75, 3.05) is 11.5 Å². The number of rotatable bonds is 5. The van der Waals surface area contributed by atoms with E-state index in [1.165, 1.54) is 11.1 Å². The van der Waals surface area contributed by atoms with Crippen LogP contribution in [-0.4, -0.2) is 16.8 Å². The molecule has 1 heterocycles. The quantitative estimate of drug-likeness (QED) is 0.771. The van der Waals surface area contributed by atoms with Gasteiger partial charge in [-0.3, -0.25) is 4.79 Å². The molecule has 1 aromatic carbocycles. The number of thioether (sulfide) groups is 1. The number of amides is 1. The molecule has 136 valence electrons. The lowest BCUT2D eigenvalue weighted by Gasteiger charge is -2.26. The Labute approximate surface area is 158 Å². The first-order valence-electron chi connectivity index (χ1n) is 8.21. The summed E-state index contributed by atoms with van der Waals surface area (Å²) in [7, 11) is 0. The highest BCUT2D eigenvalue weighted by Crippen LogP contribution is 2.31. The van der Waals surface area contributed by atoms with Crippen LogP contribution in [0, 0.1) is 13.8 Å². The van der Waals surface area contributed by atoms with E-state index in [0.29, 0.717) is 5.75 Å². The molecule has 0 bridgehead atoms. The maximum atomic E-state index is 12.3. The second-order valence-corrected chi connectivity index (χ2v) is 7.25. The summed E-state index contributed by atoms with van der Waals surface area (Å²) in [6, 6.07) is 6.09. The zero-order valence-electron chi connectivity index (χ0n) is 14.5. The number of halogens is 1. The monoisotopic (exact) mass is 381 g/mol. The van der Waals surface area contributed by atoms with Crippen molar-refractivity contribution >= 4 is 35.8 Å². The average Bonchev–Trinajstić information content (AvgIpc) is 2.86. The van der Waals surface area contributed by atoms with Crippen molar-refractivity contribution in [1.29, 1.82) is 0 Å². The maximum absolute atomic E-state index is 12.3.